The molecule has 3 N–H and O–H groups in total. The van der Waals surface area contributed by atoms with E-state index in [9.17, 15) is 0 Å². The lowest BCUT2D eigenvalue weighted by Gasteiger charge is -2.32. The molecule has 2 heteroatoms. The van der Waals surface area contributed by atoms with Gasteiger partial charge in [0.2, 0.25) is 0 Å². The molecule has 17 heavy (non-hydrogen) atoms. The van der Waals surface area contributed by atoms with Gasteiger partial charge in [-0.25, -0.2) is 0 Å². The molecule has 1 unspecified atom stereocenters. The summed E-state index contributed by atoms with van der Waals surface area (Å²) in [5.41, 5.74) is 3.06. The standard InChI is InChI=1S/C15H30N2/c1-3-4-5-6-7-8-15(17-16)14-11-9-13(2)10-12-14/h3,13-15,17H,1,4-12,16H2,2H3. The maximum Gasteiger partial charge on any atom is 0.0238 e. The molecule has 0 aliphatic heterocycles. The fraction of sp³-hybridized carbons (Fsp3) is 0.867. The molecule has 0 saturated heterocycles. The van der Waals surface area contributed by atoms with Gasteiger partial charge in [0.15, 0.2) is 0 Å². The molecule has 0 bridgehead atoms. The first-order valence-electron chi connectivity index (χ1n) is 7.35. The van der Waals surface area contributed by atoms with E-state index in [1.54, 1.807) is 0 Å². The van der Waals surface area contributed by atoms with Gasteiger partial charge in [-0.3, -0.25) is 11.3 Å². The lowest BCUT2D eigenvalue weighted by Crippen LogP contribution is -2.42. The fourth-order valence-corrected chi connectivity index (χ4v) is 2.97. The van der Waals surface area contributed by atoms with Gasteiger partial charge in [0.1, 0.15) is 0 Å². The number of rotatable bonds is 8. The van der Waals surface area contributed by atoms with Crippen molar-refractivity contribution < 1.29 is 0 Å². The van der Waals surface area contributed by atoms with Crippen LogP contribution in [0.2, 0.25) is 0 Å². The van der Waals surface area contributed by atoms with Crippen LogP contribution in [0.25, 0.3) is 0 Å². The number of hydrogen-bond acceptors (Lipinski definition) is 2. The molecule has 1 aliphatic rings. The zero-order chi connectivity index (χ0) is 12.5. The molecule has 0 amide bonds. The molecule has 0 aromatic carbocycles. The number of hydrazine groups is 1. The van der Waals surface area contributed by atoms with E-state index in [0.717, 1.165) is 18.3 Å². The number of nitrogens with one attached hydrogen (secondary N) is 1. The molecule has 2 nitrogen and oxygen atoms in total. The van der Waals surface area contributed by atoms with Crippen LogP contribution in [0.1, 0.15) is 64.7 Å². The fourth-order valence-electron chi connectivity index (χ4n) is 2.97. The summed E-state index contributed by atoms with van der Waals surface area (Å²) < 4.78 is 0. The van der Waals surface area contributed by atoms with Crippen LogP contribution in [0.5, 0.6) is 0 Å². The van der Waals surface area contributed by atoms with Crippen molar-refractivity contribution in [2.24, 2.45) is 17.7 Å². The van der Waals surface area contributed by atoms with Crippen molar-refractivity contribution in [2.45, 2.75) is 70.8 Å². The highest BCUT2D eigenvalue weighted by molar-refractivity contribution is 4.79. The average molecular weight is 238 g/mol. The van der Waals surface area contributed by atoms with Crippen molar-refractivity contribution in [1.82, 2.24) is 5.43 Å². The molecule has 0 spiro atoms. The topological polar surface area (TPSA) is 38.0 Å². The van der Waals surface area contributed by atoms with Gasteiger partial charge in [-0.05, 0) is 43.9 Å². The third kappa shape index (κ3) is 5.69. The van der Waals surface area contributed by atoms with Crippen molar-refractivity contribution in [3.05, 3.63) is 12.7 Å². The summed E-state index contributed by atoms with van der Waals surface area (Å²) in [6.45, 7) is 6.13. The first-order chi connectivity index (χ1) is 8.27. The second-order valence-corrected chi connectivity index (χ2v) is 5.72. The Bertz CT molecular complexity index is 195. The summed E-state index contributed by atoms with van der Waals surface area (Å²) in [5.74, 6) is 7.46. The summed E-state index contributed by atoms with van der Waals surface area (Å²) >= 11 is 0. The van der Waals surface area contributed by atoms with Gasteiger partial charge >= 0.3 is 0 Å². The van der Waals surface area contributed by atoms with E-state index in [-0.39, 0.29) is 0 Å². The summed E-state index contributed by atoms with van der Waals surface area (Å²) in [6.07, 6.45) is 13.8. The first kappa shape index (κ1) is 14.7. The molecule has 1 rings (SSSR count). The van der Waals surface area contributed by atoms with E-state index in [2.05, 4.69) is 18.9 Å². The van der Waals surface area contributed by atoms with E-state index in [1.807, 2.05) is 6.08 Å². The highest BCUT2D eigenvalue weighted by atomic mass is 15.2. The SMILES string of the molecule is C=CCCCCCC(NN)C1CCC(C)CC1. The zero-order valence-electron chi connectivity index (χ0n) is 11.5. The molecule has 1 saturated carbocycles. The van der Waals surface area contributed by atoms with Gasteiger partial charge in [-0.1, -0.05) is 38.7 Å². The predicted octanol–water partition coefficient (Wildman–Crippen LogP) is 3.78. The quantitative estimate of drug-likeness (QED) is 0.292. The largest absolute Gasteiger partial charge is 0.271 e. The van der Waals surface area contributed by atoms with Gasteiger partial charge in [-0.2, -0.15) is 0 Å². The van der Waals surface area contributed by atoms with Gasteiger partial charge in [0, 0.05) is 6.04 Å². The monoisotopic (exact) mass is 238 g/mol. The summed E-state index contributed by atoms with van der Waals surface area (Å²) in [7, 11) is 0. The molecule has 0 radical (unpaired) electrons. The predicted molar refractivity (Wildman–Crippen MR) is 75.5 cm³/mol. The van der Waals surface area contributed by atoms with Crippen LogP contribution in [0, 0.1) is 11.8 Å². The molecule has 1 atom stereocenters. The maximum atomic E-state index is 5.71. The average Bonchev–Trinajstić information content (AvgIpc) is 2.35. The highest BCUT2D eigenvalue weighted by Gasteiger charge is 2.24. The zero-order valence-corrected chi connectivity index (χ0v) is 11.5. The molecule has 0 heterocycles. The van der Waals surface area contributed by atoms with Gasteiger partial charge in [0.25, 0.3) is 0 Å². The lowest BCUT2D eigenvalue weighted by molar-refractivity contribution is 0.220. The van der Waals surface area contributed by atoms with E-state index in [1.165, 1.54) is 51.4 Å². The van der Waals surface area contributed by atoms with Crippen LogP contribution >= 0.6 is 0 Å². The Hall–Kier alpha value is -0.340. The minimum Gasteiger partial charge on any atom is -0.271 e. The summed E-state index contributed by atoms with van der Waals surface area (Å²) in [4.78, 5) is 0. The minimum atomic E-state index is 0.547. The molecule has 0 aromatic heterocycles. The molecule has 1 aliphatic carbocycles. The summed E-state index contributed by atoms with van der Waals surface area (Å²) in [6, 6.07) is 0.547. The molecular formula is C15H30N2. The Morgan fingerprint density at radius 2 is 1.94 bits per heavy atom. The first-order valence-corrected chi connectivity index (χ1v) is 7.35. The molecule has 0 aromatic rings. The highest BCUT2D eigenvalue weighted by Crippen LogP contribution is 2.31. The molecule has 100 valence electrons. The number of allylic oxidation sites excluding steroid dienone is 1. The van der Waals surface area contributed by atoms with Crippen molar-refractivity contribution in [3.8, 4) is 0 Å². The Balaban J connectivity index is 2.16. The number of unbranched alkanes of at least 4 members (excludes halogenated alkanes) is 3. The second-order valence-electron chi connectivity index (χ2n) is 5.72. The second kappa shape index (κ2) is 8.71. The Morgan fingerprint density at radius 1 is 1.24 bits per heavy atom. The van der Waals surface area contributed by atoms with Crippen molar-refractivity contribution >= 4 is 0 Å². The van der Waals surface area contributed by atoms with Gasteiger partial charge in [-0.15, -0.1) is 6.58 Å². The van der Waals surface area contributed by atoms with Crippen LogP contribution in [0.3, 0.4) is 0 Å². The van der Waals surface area contributed by atoms with E-state index in [4.69, 9.17) is 5.84 Å². The van der Waals surface area contributed by atoms with Crippen LogP contribution < -0.4 is 11.3 Å². The Morgan fingerprint density at radius 3 is 2.53 bits per heavy atom. The molecule has 1 fully saturated rings. The smallest absolute Gasteiger partial charge is 0.0238 e. The Labute approximate surface area is 107 Å². The molecular weight excluding hydrogens is 208 g/mol. The summed E-state index contributed by atoms with van der Waals surface area (Å²) in [5, 5.41) is 0. The maximum absolute atomic E-state index is 5.71. The van der Waals surface area contributed by atoms with Crippen LogP contribution in [-0.2, 0) is 0 Å². The van der Waals surface area contributed by atoms with Crippen LogP contribution in [0.4, 0.5) is 0 Å². The van der Waals surface area contributed by atoms with E-state index in [0.29, 0.717) is 6.04 Å². The third-order valence-corrected chi connectivity index (χ3v) is 4.27. The van der Waals surface area contributed by atoms with Crippen LogP contribution in [-0.4, -0.2) is 6.04 Å². The third-order valence-electron chi connectivity index (χ3n) is 4.27. The normalized spacial score (nSPS) is 26.7. The van der Waals surface area contributed by atoms with Crippen molar-refractivity contribution in [2.75, 3.05) is 0 Å². The van der Waals surface area contributed by atoms with Crippen LogP contribution in [0.15, 0.2) is 12.7 Å². The number of hydrogen-bond donors (Lipinski definition) is 2. The van der Waals surface area contributed by atoms with Gasteiger partial charge in [0.05, 0.1) is 0 Å². The van der Waals surface area contributed by atoms with E-state index < -0.39 is 0 Å². The lowest BCUT2D eigenvalue weighted by atomic mass is 9.78. The Kier molecular flexibility index (Phi) is 7.54. The van der Waals surface area contributed by atoms with Crippen molar-refractivity contribution in [1.29, 1.82) is 0 Å². The minimum absolute atomic E-state index is 0.547. The van der Waals surface area contributed by atoms with Gasteiger partial charge < -0.3 is 0 Å². The van der Waals surface area contributed by atoms with Crippen molar-refractivity contribution in [3.63, 3.8) is 0 Å². The number of nitrogens with two attached hydrogens (primary N) is 1. The van der Waals surface area contributed by atoms with E-state index >= 15 is 0 Å².